The third kappa shape index (κ3) is 2.50. The third-order valence-corrected chi connectivity index (χ3v) is 6.96. The summed E-state index contributed by atoms with van der Waals surface area (Å²) in [5, 5.41) is -0.282. The van der Waals surface area contributed by atoms with E-state index < -0.39 is 9.84 Å². The Kier molecular flexibility index (Phi) is 3.84. The normalized spacial score (nSPS) is 27.1. The van der Waals surface area contributed by atoms with Crippen molar-refractivity contribution in [3.8, 4) is 0 Å². The maximum absolute atomic E-state index is 12.3. The minimum Gasteiger partial charge on any atom is -0.329 e. The van der Waals surface area contributed by atoms with E-state index in [9.17, 15) is 8.42 Å². The molecular formula is C15H22N2O2S. The highest BCUT2D eigenvalue weighted by atomic mass is 32.2. The molecule has 3 rings (SSSR count). The second-order valence-corrected chi connectivity index (χ2v) is 8.22. The number of sulfone groups is 1. The van der Waals surface area contributed by atoms with Gasteiger partial charge in [0.2, 0.25) is 0 Å². The van der Waals surface area contributed by atoms with E-state index in [1.165, 1.54) is 11.1 Å². The van der Waals surface area contributed by atoms with Crippen LogP contribution in [0.3, 0.4) is 0 Å². The largest absolute Gasteiger partial charge is 0.329 e. The molecule has 2 unspecified atom stereocenters. The molecule has 0 saturated carbocycles. The topological polar surface area (TPSA) is 63.4 Å². The maximum Gasteiger partial charge on any atom is 0.154 e. The first-order valence-electron chi connectivity index (χ1n) is 7.34. The van der Waals surface area contributed by atoms with E-state index in [0.29, 0.717) is 12.3 Å². The van der Waals surface area contributed by atoms with Gasteiger partial charge in [-0.05, 0) is 24.0 Å². The molecule has 2 N–H and O–H groups in total. The van der Waals surface area contributed by atoms with E-state index >= 15 is 0 Å². The second kappa shape index (κ2) is 5.47. The zero-order chi connectivity index (χ0) is 14.2. The Morgan fingerprint density at radius 1 is 1.20 bits per heavy atom. The van der Waals surface area contributed by atoms with Crippen molar-refractivity contribution in [1.29, 1.82) is 0 Å². The molecule has 1 aromatic rings. The van der Waals surface area contributed by atoms with Gasteiger partial charge in [0.15, 0.2) is 9.84 Å². The van der Waals surface area contributed by atoms with Crippen LogP contribution in [0.4, 0.5) is 0 Å². The molecule has 0 amide bonds. The average molecular weight is 294 g/mol. The SMILES string of the molecule is NCC(C1CCCCS1(=O)=O)N1Cc2ccccc2C1. The van der Waals surface area contributed by atoms with Crippen LogP contribution < -0.4 is 5.73 Å². The molecule has 0 radical (unpaired) electrons. The van der Waals surface area contributed by atoms with Crippen LogP contribution in [-0.2, 0) is 22.9 Å². The van der Waals surface area contributed by atoms with E-state index in [1.807, 2.05) is 12.1 Å². The Morgan fingerprint density at radius 3 is 2.40 bits per heavy atom. The zero-order valence-corrected chi connectivity index (χ0v) is 12.5. The third-order valence-electron chi connectivity index (χ3n) is 4.63. The minimum atomic E-state index is -2.98. The van der Waals surface area contributed by atoms with Gasteiger partial charge in [0.1, 0.15) is 0 Å². The first-order chi connectivity index (χ1) is 9.62. The molecule has 0 spiro atoms. The van der Waals surface area contributed by atoms with Crippen molar-refractivity contribution in [2.24, 2.45) is 5.73 Å². The van der Waals surface area contributed by atoms with E-state index in [1.54, 1.807) is 0 Å². The molecule has 0 aliphatic carbocycles. The quantitative estimate of drug-likeness (QED) is 0.912. The Morgan fingerprint density at radius 2 is 1.85 bits per heavy atom. The molecule has 0 aromatic heterocycles. The Hall–Kier alpha value is -0.910. The van der Waals surface area contributed by atoms with E-state index in [0.717, 1.165) is 32.4 Å². The number of hydrogen-bond donors (Lipinski definition) is 1. The van der Waals surface area contributed by atoms with Gasteiger partial charge >= 0.3 is 0 Å². The molecule has 2 aliphatic rings. The number of nitrogens with two attached hydrogens (primary N) is 1. The summed E-state index contributed by atoms with van der Waals surface area (Å²) in [6.07, 6.45) is 2.56. The number of nitrogens with zero attached hydrogens (tertiary/aromatic N) is 1. The summed E-state index contributed by atoms with van der Waals surface area (Å²) in [5.74, 6) is 0.328. The van der Waals surface area contributed by atoms with Crippen molar-refractivity contribution in [3.05, 3.63) is 35.4 Å². The van der Waals surface area contributed by atoms with Crippen LogP contribution in [0.2, 0.25) is 0 Å². The molecule has 20 heavy (non-hydrogen) atoms. The van der Waals surface area contributed by atoms with Crippen LogP contribution in [0.15, 0.2) is 24.3 Å². The van der Waals surface area contributed by atoms with Gasteiger partial charge in [-0.2, -0.15) is 0 Å². The van der Waals surface area contributed by atoms with Gasteiger partial charge in [0, 0.05) is 25.7 Å². The molecule has 1 aromatic carbocycles. The molecule has 2 aliphatic heterocycles. The van der Waals surface area contributed by atoms with E-state index in [2.05, 4.69) is 17.0 Å². The highest BCUT2D eigenvalue weighted by molar-refractivity contribution is 7.92. The van der Waals surface area contributed by atoms with Crippen LogP contribution in [0, 0.1) is 0 Å². The van der Waals surface area contributed by atoms with Crippen molar-refractivity contribution in [2.75, 3.05) is 12.3 Å². The summed E-state index contributed by atoms with van der Waals surface area (Å²) < 4.78 is 24.7. The molecule has 4 nitrogen and oxygen atoms in total. The van der Waals surface area contributed by atoms with Gasteiger partial charge < -0.3 is 5.73 Å². The predicted molar refractivity (Wildman–Crippen MR) is 80.0 cm³/mol. The summed E-state index contributed by atoms with van der Waals surface area (Å²) in [7, 11) is -2.98. The van der Waals surface area contributed by atoms with Gasteiger partial charge in [-0.1, -0.05) is 30.7 Å². The lowest BCUT2D eigenvalue weighted by Gasteiger charge is -2.35. The number of hydrogen-bond acceptors (Lipinski definition) is 4. The molecule has 110 valence electrons. The monoisotopic (exact) mass is 294 g/mol. The fraction of sp³-hybridized carbons (Fsp3) is 0.600. The lowest BCUT2D eigenvalue weighted by molar-refractivity contribution is 0.190. The molecule has 1 saturated heterocycles. The van der Waals surface area contributed by atoms with Crippen molar-refractivity contribution in [3.63, 3.8) is 0 Å². The fourth-order valence-electron chi connectivity index (χ4n) is 3.54. The van der Waals surface area contributed by atoms with Crippen LogP contribution in [-0.4, -0.2) is 36.9 Å². The van der Waals surface area contributed by atoms with Gasteiger partial charge in [0.25, 0.3) is 0 Å². The van der Waals surface area contributed by atoms with Gasteiger partial charge in [0.05, 0.1) is 11.0 Å². The first-order valence-corrected chi connectivity index (χ1v) is 9.06. The molecular weight excluding hydrogens is 272 g/mol. The second-order valence-electron chi connectivity index (χ2n) is 5.88. The highest BCUT2D eigenvalue weighted by Gasteiger charge is 2.39. The van der Waals surface area contributed by atoms with Crippen molar-refractivity contribution >= 4 is 9.84 Å². The van der Waals surface area contributed by atoms with Crippen molar-refractivity contribution in [1.82, 2.24) is 4.90 Å². The van der Waals surface area contributed by atoms with Crippen molar-refractivity contribution < 1.29 is 8.42 Å². The molecule has 1 fully saturated rings. The summed E-state index contributed by atoms with van der Waals surface area (Å²) in [6, 6.07) is 8.28. The molecule has 2 heterocycles. The average Bonchev–Trinajstić information content (AvgIpc) is 2.84. The fourth-order valence-corrected chi connectivity index (χ4v) is 5.74. The Balaban J connectivity index is 1.82. The zero-order valence-electron chi connectivity index (χ0n) is 11.7. The predicted octanol–water partition coefficient (Wildman–Crippen LogP) is 1.30. The molecule has 0 bridgehead atoms. The number of benzene rings is 1. The lowest BCUT2D eigenvalue weighted by atomic mass is 10.1. The van der Waals surface area contributed by atoms with Crippen LogP contribution >= 0.6 is 0 Å². The standard InChI is InChI=1S/C15H22N2O2S/c16-9-14(15-7-3-4-8-20(15,18)19)17-10-12-5-1-2-6-13(12)11-17/h1-2,5-6,14-15H,3-4,7-11,16H2. The minimum absolute atomic E-state index is 0.0484. The smallest absolute Gasteiger partial charge is 0.154 e. The maximum atomic E-state index is 12.3. The van der Waals surface area contributed by atoms with Crippen LogP contribution in [0.1, 0.15) is 30.4 Å². The van der Waals surface area contributed by atoms with Crippen LogP contribution in [0.25, 0.3) is 0 Å². The highest BCUT2D eigenvalue weighted by Crippen LogP contribution is 2.30. The summed E-state index contributed by atoms with van der Waals surface area (Å²) >= 11 is 0. The Bertz CT molecular complexity index is 560. The van der Waals surface area contributed by atoms with Gasteiger partial charge in [-0.25, -0.2) is 8.42 Å². The summed E-state index contributed by atoms with van der Waals surface area (Å²) in [5.41, 5.74) is 8.54. The molecule has 5 heteroatoms. The van der Waals surface area contributed by atoms with E-state index in [4.69, 9.17) is 5.73 Å². The van der Waals surface area contributed by atoms with Crippen molar-refractivity contribution in [2.45, 2.75) is 43.6 Å². The van der Waals surface area contributed by atoms with Gasteiger partial charge in [-0.15, -0.1) is 0 Å². The first kappa shape index (κ1) is 14.0. The van der Waals surface area contributed by atoms with Gasteiger partial charge in [-0.3, -0.25) is 4.90 Å². The Labute approximate surface area is 120 Å². The molecule has 2 atom stereocenters. The number of rotatable bonds is 3. The van der Waals surface area contributed by atoms with Crippen LogP contribution in [0.5, 0.6) is 0 Å². The summed E-state index contributed by atoms with van der Waals surface area (Å²) in [4.78, 5) is 2.25. The lowest BCUT2D eigenvalue weighted by Crippen LogP contribution is -2.50. The van der Waals surface area contributed by atoms with E-state index in [-0.39, 0.29) is 11.3 Å². The number of fused-ring (bicyclic) bond motifs is 1. The summed E-state index contributed by atoms with van der Waals surface area (Å²) in [6.45, 7) is 2.06.